The van der Waals surface area contributed by atoms with Gasteiger partial charge in [0, 0.05) is 32.0 Å². The highest BCUT2D eigenvalue weighted by atomic mass is 16.5. The average Bonchev–Trinajstić information content (AvgIpc) is 3.42. The number of hydrogen-bond acceptors (Lipinski definition) is 8. The van der Waals surface area contributed by atoms with E-state index in [1.54, 1.807) is 12.4 Å². The van der Waals surface area contributed by atoms with Crippen LogP contribution in [0.15, 0.2) is 12.4 Å². The zero-order valence-electron chi connectivity index (χ0n) is 15.7. The zero-order chi connectivity index (χ0) is 18.8. The fraction of sp³-hybridized carbons (Fsp3) is 0.500. The third-order valence-electron chi connectivity index (χ3n) is 5.25. The van der Waals surface area contributed by atoms with Gasteiger partial charge in [-0.15, -0.1) is 0 Å². The Morgan fingerprint density at radius 3 is 2.63 bits per heavy atom. The Labute approximate surface area is 156 Å². The Morgan fingerprint density at radius 2 is 1.93 bits per heavy atom. The first-order chi connectivity index (χ1) is 12.9. The SMILES string of the molecule is CN(c1nc(-c2cnc(N)nc2)nc2c1nc1n2CCOC1(C)C)C1CC1. The Morgan fingerprint density at radius 1 is 1.19 bits per heavy atom. The molecule has 3 aromatic rings. The number of hydrogen-bond donors (Lipinski definition) is 1. The van der Waals surface area contributed by atoms with Gasteiger partial charge in [-0.1, -0.05) is 0 Å². The second-order valence-corrected chi connectivity index (χ2v) is 7.66. The molecule has 1 saturated carbocycles. The van der Waals surface area contributed by atoms with Gasteiger partial charge in [0.05, 0.1) is 12.2 Å². The zero-order valence-corrected chi connectivity index (χ0v) is 15.7. The highest BCUT2D eigenvalue weighted by molar-refractivity contribution is 5.86. The molecule has 0 radical (unpaired) electrons. The monoisotopic (exact) mass is 366 g/mol. The van der Waals surface area contributed by atoms with Crippen LogP contribution in [0.5, 0.6) is 0 Å². The minimum atomic E-state index is -0.459. The summed E-state index contributed by atoms with van der Waals surface area (Å²) in [6, 6.07) is 0.501. The maximum atomic E-state index is 5.93. The number of aromatic nitrogens is 6. The van der Waals surface area contributed by atoms with Crippen LogP contribution in [0.2, 0.25) is 0 Å². The number of anilines is 2. The summed E-state index contributed by atoms with van der Waals surface area (Å²) in [7, 11) is 2.07. The molecule has 1 aliphatic carbocycles. The van der Waals surface area contributed by atoms with Crippen LogP contribution in [-0.4, -0.2) is 49.2 Å². The molecular weight excluding hydrogens is 344 g/mol. The molecule has 2 N–H and O–H groups in total. The first kappa shape index (κ1) is 16.4. The summed E-state index contributed by atoms with van der Waals surface area (Å²) in [6.45, 7) is 5.42. The van der Waals surface area contributed by atoms with Crippen LogP contribution in [0.1, 0.15) is 32.5 Å². The van der Waals surface area contributed by atoms with E-state index in [9.17, 15) is 0 Å². The normalized spacial score (nSPS) is 18.5. The predicted octanol–water partition coefficient (Wildman–Crippen LogP) is 1.73. The van der Waals surface area contributed by atoms with Gasteiger partial charge >= 0.3 is 0 Å². The third kappa shape index (κ3) is 2.61. The molecule has 4 heterocycles. The van der Waals surface area contributed by atoms with Crippen molar-refractivity contribution >= 4 is 22.9 Å². The van der Waals surface area contributed by atoms with Crippen molar-refractivity contribution in [2.45, 2.75) is 44.9 Å². The molecule has 9 nitrogen and oxygen atoms in total. The Balaban J connectivity index is 1.76. The molecule has 0 aromatic carbocycles. The number of nitrogen functional groups attached to an aromatic ring is 1. The van der Waals surface area contributed by atoms with Crippen molar-refractivity contribution in [2.75, 3.05) is 24.3 Å². The molecule has 2 aliphatic rings. The highest BCUT2D eigenvalue weighted by Crippen LogP contribution is 2.37. The van der Waals surface area contributed by atoms with Crippen LogP contribution in [0.25, 0.3) is 22.6 Å². The van der Waals surface area contributed by atoms with Crippen LogP contribution in [0.3, 0.4) is 0 Å². The summed E-state index contributed by atoms with van der Waals surface area (Å²) >= 11 is 0. The van der Waals surface area contributed by atoms with Gasteiger partial charge in [0.25, 0.3) is 0 Å². The van der Waals surface area contributed by atoms with E-state index in [2.05, 4.69) is 26.5 Å². The summed E-state index contributed by atoms with van der Waals surface area (Å²) in [5.74, 6) is 2.54. The van der Waals surface area contributed by atoms with E-state index in [4.69, 9.17) is 25.4 Å². The fourth-order valence-electron chi connectivity index (χ4n) is 3.58. The molecule has 0 unspecified atom stereocenters. The van der Waals surface area contributed by atoms with Gasteiger partial charge in [-0.05, 0) is 26.7 Å². The van der Waals surface area contributed by atoms with Crippen molar-refractivity contribution in [1.82, 2.24) is 29.5 Å². The summed E-state index contributed by atoms with van der Waals surface area (Å²) < 4.78 is 8.08. The minimum absolute atomic E-state index is 0.232. The topological polar surface area (TPSA) is 108 Å². The number of ether oxygens (including phenoxy) is 1. The van der Waals surface area contributed by atoms with E-state index in [0.717, 1.165) is 34.9 Å². The molecular formula is C18H22N8O. The molecule has 27 heavy (non-hydrogen) atoms. The fourth-order valence-corrected chi connectivity index (χ4v) is 3.58. The number of rotatable bonds is 3. The molecule has 3 aromatic heterocycles. The van der Waals surface area contributed by atoms with Crippen molar-refractivity contribution in [3.8, 4) is 11.4 Å². The van der Waals surface area contributed by atoms with Gasteiger partial charge in [0.2, 0.25) is 5.95 Å². The van der Waals surface area contributed by atoms with Crippen molar-refractivity contribution in [3.05, 3.63) is 18.2 Å². The minimum Gasteiger partial charge on any atom is -0.368 e. The van der Waals surface area contributed by atoms with Crippen LogP contribution in [0.4, 0.5) is 11.8 Å². The average molecular weight is 366 g/mol. The van der Waals surface area contributed by atoms with Crippen molar-refractivity contribution < 1.29 is 4.74 Å². The van der Waals surface area contributed by atoms with E-state index in [1.807, 2.05) is 13.8 Å². The standard InChI is InChI=1S/C18H22N8O/c1-18(2)16-22-12-14(25(3)11-4-5-11)23-13(10-8-20-17(19)21-9-10)24-15(12)26(16)6-7-27-18/h8-9,11H,4-7H2,1-3H3,(H2,19,20,21). The number of nitrogens with zero attached hydrogens (tertiary/aromatic N) is 7. The molecule has 0 atom stereocenters. The van der Waals surface area contributed by atoms with E-state index in [1.165, 1.54) is 12.8 Å². The second kappa shape index (κ2) is 5.59. The lowest BCUT2D eigenvalue weighted by Crippen LogP contribution is -2.33. The molecule has 0 amide bonds. The number of imidazole rings is 1. The molecule has 9 heteroatoms. The van der Waals surface area contributed by atoms with Crippen molar-refractivity contribution in [1.29, 1.82) is 0 Å². The maximum Gasteiger partial charge on any atom is 0.219 e. The third-order valence-corrected chi connectivity index (χ3v) is 5.25. The molecule has 0 bridgehead atoms. The quantitative estimate of drug-likeness (QED) is 0.747. The summed E-state index contributed by atoms with van der Waals surface area (Å²) in [6.07, 6.45) is 5.66. The maximum absolute atomic E-state index is 5.93. The Hall–Kier alpha value is -2.81. The van der Waals surface area contributed by atoms with Gasteiger partial charge in [0.15, 0.2) is 22.8 Å². The van der Waals surface area contributed by atoms with Gasteiger partial charge < -0.3 is 19.9 Å². The predicted molar refractivity (Wildman–Crippen MR) is 101 cm³/mol. The van der Waals surface area contributed by atoms with Crippen LogP contribution in [0, 0.1) is 0 Å². The van der Waals surface area contributed by atoms with Crippen LogP contribution < -0.4 is 10.6 Å². The highest BCUT2D eigenvalue weighted by Gasteiger charge is 2.35. The largest absolute Gasteiger partial charge is 0.368 e. The molecule has 5 rings (SSSR count). The van der Waals surface area contributed by atoms with Crippen molar-refractivity contribution in [2.24, 2.45) is 0 Å². The second-order valence-electron chi connectivity index (χ2n) is 7.66. The van der Waals surface area contributed by atoms with Gasteiger partial charge in [0.1, 0.15) is 11.4 Å². The van der Waals surface area contributed by atoms with E-state index in [0.29, 0.717) is 18.5 Å². The molecule has 0 spiro atoms. The summed E-state index contributed by atoms with van der Waals surface area (Å²) in [5.41, 5.74) is 7.54. The van der Waals surface area contributed by atoms with Crippen LogP contribution in [-0.2, 0) is 16.9 Å². The Kier molecular flexibility index (Phi) is 3.39. The van der Waals surface area contributed by atoms with Crippen LogP contribution >= 0.6 is 0 Å². The van der Waals surface area contributed by atoms with Gasteiger partial charge in [-0.3, -0.25) is 0 Å². The number of nitrogens with two attached hydrogens (primary N) is 1. The molecule has 0 saturated heterocycles. The molecule has 1 fully saturated rings. The molecule has 140 valence electrons. The lowest BCUT2D eigenvalue weighted by molar-refractivity contribution is -0.0530. The Bertz CT molecular complexity index is 1020. The van der Waals surface area contributed by atoms with Gasteiger partial charge in [-0.25, -0.2) is 24.9 Å². The molecule has 1 aliphatic heterocycles. The van der Waals surface area contributed by atoms with E-state index in [-0.39, 0.29) is 5.95 Å². The van der Waals surface area contributed by atoms with E-state index < -0.39 is 5.60 Å². The summed E-state index contributed by atoms with van der Waals surface area (Å²) in [4.78, 5) is 24.9. The van der Waals surface area contributed by atoms with Gasteiger partial charge in [-0.2, -0.15) is 0 Å². The lowest BCUT2D eigenvalue weighted by atomic mass is 10.1. The lowest BCUT2D eigenvalue weighted by Gasteiger charge is -2.30. The first-order valence-corrected chi connectivity index (χ1v) is 9.17. The van der Waals surface area contributed by atoms with E-state index >= 15 is 0 Å². The smallest absolute Gasteiger partial charge is 0.219 e. The summed E-state index contributed by atoms with van der Waals surface area (Å²) in [5, 5.41) is 0. The van der Waals surface area contributed by atoms with Crippen molar-refractivity contribution in [3.63, 3.8) is 0 Å². The number of fused-ring (bicyclic) bond motifs is 3. The first-order valence-electron chi connectivity index (χ1n) is 9.17.